The van der Waals surface area contributed by atoms with Crippen LogP contribution in [0.15, 0.2) is 28.7 Å². The summed E-state index contributed by atoms with van der Waals surface area (Å²) in [5, 5.41) is 0. The lowest BCUT2D eigenvalue weighted by atomic mass is 10.2. The molecule has 142 valence electrons. The van der Waals surface area contributed by atoms with E-state index >= 15 is 0 Å². The number of ether oxygens (including phenoxy) is 1. The summed E-state index contributed by atoms with van der Waals surface area (Å²) in [5.41, 5.74) is 1.33. The van der Waals surface area contributed by atoms with Crippen LogP contribution in [0.5, 0.6) is 0 Å². The molecule has 1 aromatic heterocycles. The third-order valence-electron chi connectivity index (χ3n) is 4.44. The number of aryl methyl sites for hydroxylation is 1. The van der Waals surface area contributed by atoms with Gasteiger partial charge in [0.2, 0.25) is 0 Å². The number of aromatic nitrogens is 1. The minimum atomic E-state index is -0.442. The van der Waals surface area contributed by atoms with Crippen LogP contribution in [-0.2, 0) is 11.2 Å². The predicted molar refractivity (Wildman–Crippen MR) is 101 cm³/mol. The maximum absolute atomic E-state index is 12.2. The summed E-state index contributed by atoms with van der Waals surface area (Å²) in [4.78, 5) is 21.0. The predicted octanol–water partition coefficient (Wildman–Crippen LogP) is 3.70. The molecule has 0 aliphatic carbocycles. The minimum Gasteiger partial charge on any atom is -0.444 e. The summed E-state index contributed by atoms with van der Waals surface area (Å²) in [6.07, 6.45) is 2.60. The summed E-state index contributed by atoms with van der Waals surface area (Å²) in [6, 6.07) is 7.86. The first-order valence-corrected chi connectivity index (χ1v) is 9.45. The van der Waals surface area contributed by atoms with Gasteiger partial charge in [0.05, 0.1) is 0 Å². The van der Waals surface area contributed by atoms with Gasteiger partial charge < -0.3 is 19.0 Å². The molecule has 0 radical (unpaired) electrons. The van der Waals surface area contributed by atoms with E-state index in [0.717, 1.165) is 69.0 Å². The maximum atomic E-state index is 12.2. The molecule has 1 aliphatic heterocycles. The van der Waals surface area contributed by atoms with Crippen LogP contribution in [0.2, 0.25) is 0 Å². The smallest absolute Gasteiger partial charge is 0.410 e. The molecule has 0 N–H and O–H groups in total. The summed E-state index contributed by atoms with van der Waals surface area (Å²) in [6.45, 7) is 10.1. The first-order chi connectivity index (χ1) is 12.4. The first kappa shape index (κ1) is 18.7. The molecule has 1 amide bonds. The van der Waals surface area contributed by atoms with Gasteiger partial charge in [0, 0.05) is 26.1 Å². The number of amides is 1. The molecular formula is C20H29N3O3. The van der Waals surface area contributed by atoms with Crippen molar-refractivity contribution in [2.24, 2.45) is 0 Å². The van der Waals surface area contributed by atoms with E-state index in [1.54, 1.807) is 0 Å². The Morgan fingerprint density at radius 3 is 2.77 bits per heavy atom. The van der Waals surface area contributed by atoms with Crippen molar-refractivity contribution in [3.05, 3.63) is 30.2 Å². The van der Waals surface area contributed by atoms with E-state index in [-0.39, 0.29) is 6.09 Å². The number of rotatable bonds is 4. The van der Waals surface area contributed by atoms with Crippen LogP contribution in [0.3, 0.4) is 0 Å². The van der Waals surface area contributed by atoms with E-state index in [9.17, 15) is 4.79 Å². The Hall–Kier alpha value is -2.08. The number of benzene rings is 1. The topological polar surface area (TPSA) is 58.8 Å². The fourth-order valence-corrected chi connectivity index (χ4v) is 3.18. The Bertz CT molecular complexity index is 702. The van der Waals surface area contributed by atoms with Gasteiger partial charge in [0.25, 0.3) is 0 Å². The molecule has 1 fully saturated rings. The van der Waals surface area contributed by atoms with Crippen LogP contribution in [0, 0.1) is 0 Å². The summed E-state index contributed by atoms with van der Waals surface area (Å²) in [7, 11) is 0. The molecular weight excluding hydrogens is 330 g/mol. The zero-order valence-corrected chi connectivity index (χ0v) is 16.0. The Morgan fingerprint density at radius 1 is 1.19 bits per heavy atom. The highest BCUT2D eigenvalue weighted by Gasteiger charge is 2.24. The number of fused-ring (bicyclic) bond motifs is 1. The number of carbonyl (C=O) groups excluding carboxylic acids is 1. The van der Waals surface area contributed by atoms with Crippen molar-refractivity contribution in [1.82, 2.24) is 14.8 Å². The van der Waals surface area contributed by atoms with E-state index in [1.807, 2.05) is 49.9 Å². The molecule has 0 spiro atoms. The van der Waals surface area contributed by atoms with Gasteiger partial charge in [0.1, 0.15) is 11.1 Å². The van der Waals surface area contributed by atoms with E-state index in [4.69, 9.17) is 9.15 Å². The maximum Gasteiger partial charge on any atom is 0.410 e. The first-order valence-electron chi connectivity index (χ1n) is 9.45. The monoisotopic (exact) mass is 359 g/mol. The molecule has 26 heavy (non-hydrogen) atoms. The van der Waals surface area contributed by atoms with Crippen molar-refractivity contribution in [3.8, 4) is 0 Å². The van der Waals surface area contributed by atoms with E-state index in [2.05, 4.69) is 9.88 Å². The molecule has 1 aromatic carbocycles. The molecule has 0 unspecified atom stereocenters. The van der Waals surface area contributed by atoms with Crippen LogP contribution >= 0.6 is 0 Å². The van der Waals surface area contributed by atoms with Crippen molar-refractivity contribution in [3.63, 3.8) is 0 Å². The van der Waals surface area contributed by atoms with Gasteiger partial charge in [0.15, 0.2) is 11.5 Å². The zero-order chi connectivity index (χ0) is 18.6. The summed E-state index contributed by atoms with van der Waals surface area (Å²) < 4.78 is 11.3. The average molecular weight is 359 g/mol. The molecule has 2 aromatic rings. The van der Waals surface area contributed by atoms with E-state index in [0.29, 0.717) is 0 Å². The normalized spacial score (nSPS) is 16.7. The highest BCUT2D eigenvalue weighted by molar-refractivity contribution is 5.72. The average Bonchev–Trinajstić information content (AvgIpc) is 2.83. The molecule has 6 nitrogen and oxygen atoms in total. The number of hydrogen-bond acceptors (Lipinski definition) is 5. The van der Waals surface area contributed by atoms with Gasteiger partial charge in [-0.1, -0.05) is 12.1 Å². The Morgan fingerprint density at radius 2 is 2.00 bits per heavy atom. The standard InChI is InChI=1S/C20H29N3O3/c1-20(2,3)26-19(24)23-13-7-12-22(14-15-23)11-6-10-18-21-16-8-4-5-9-17(16)25-18/h4-5,8-9H,6-7,10-15H2,1-3H3. The van der Waals surface area contributed by atoms with E-state index < -0.39 is 5.60 Å². The van der Waals surface area contributed by atoms with Gasteiger partial charge >= 0.3 is 6.09 Å². The zero-order valence-electron chi connectivity index (χ0n) is 16.0. The number of para-hydroxylation sites is 2. The third kappa shape index (κ3) is 5.21. The molecule has 6 heteroatoms. The molecule has 0 saturated carbocycles. The number of hydrogen-bond donors (Lipinski definition) is 0. The molecule has 2 heterocycles. The Labute approximate surface area is 155 Å². The van der Waals surface area contributed by atoms with Gasteiger partial charge in [-0.15, -0.1) is 0 Å². The highest BCUT2D eigenvalue weighted by atomic mass is 16.6. The Kier molecular flexibility index (Phi) is 5.81. The fourth-order valence-electron chi connectivity index (χ4n) is 3.18. The van der Waals surface area contributed by atoms with Gasteiger partial charge in [-0.05, 0) is 58.8 Å². The molecule has 1 aliphatic rings. The van der Waals surface area contributed by atoms with Crippen LogP contribution in [0.25, 0.3) is 11.1 Å². The number of oxazole rings is 1. The van der Waals surface area contributed by atoms with Crippen molar-refractivity contribution in [2.75, 3.05) is 32.7 Å². The quantitative estimate of drug-likeness (QED) is 0.833. The van der Waals surface area contributed by atoms with Crippen molar-refractivity contribution in [1.29, 1.82) is 0 Å². The fraction of sp³-hybridized carbons (Fsp3) is 0.600. The van der Waals surface area contributed by atoms with Gasteiger partial charge in [-0.3, -0.25) is 0 Å². The minimum absolute atomic E-state index is 0.203. The van der Waals surface area contributed by atoms with Gasteiger partial charge in [-0.2, -0.15) is 0 Å². The highest BCUT2D eigenvalue weighted by Crippen LogP contribution is 2.16. The van der Waals surface area contributed by atoms with Gasteiger partial charge in [-0.25, -0.2) is 9.78 Å². The lowest BCUT2D eigenvalue weighted by Crippen LogP contribution is -2.39. The van der Waals surface area contributed by atoms with Crippen LogP contribution < -0.4 is 0 Å². The molecule has 3 rings (SSSR count). The van der Waals surface area contributed by atoms with E-state index in [1.165, 1.54) is 0 Å². The summed E-state index contributed by atoms with van der Waals surface area (Å²) in [5.74, 6) is 0.802. The largest absolute Gasteiger partial charge is 0.444 e. The van der Waals surface area contributed by atoms with Crippen LogP contribution in [-0.4, -0.2) is 59.2 Å². The molecule has 0 bridgehead atoms. The van der Waals surface area contributed by atoms with Crippen molar-refractivity contribution in [2.45, 2.75) is 45.6 Å². The second kappa shape index (κ2) is 8.08. The van der Waals surface area contributed by atoms with Crippen molar-refractivity contribution >= 4 is 17.2 Å². The number of carbonyl (C=O) groups is 1. The molecule has 0 atom stereocenters. The Balaban J connectivity index is 1.44. The molecule has 1 saturated heterocycles. The van der Waals surface area contributed by atoms with Crippen molar-refractivity contribution < 1.29 is 13.9 Å². The summed E-state index contributed by atoms with van der Waals surface area (Å²) >= 11 is 0. The second-order valence-corrected chi connectivity index (χ2v) is 7.84. The van der Waals surface area contributed by atoms with Crippen LogP contribution in [0.1, 0.15) is 39.5 Å². The third-order valence-corrected chi connectivity index (χ3v) is 4.44. The lowest BCUT2D eigenvalue weighted by molar-refractivity contribution is 0.0257. The van der Waals surface area contributed by atoms with Crippen LogP contribution in [0.4, 0.5) is 4.79 Å². The second-order valence-electron chi connectivity index (χ2n) is 7.84. The number of nitrogens with zero attached hydrogens (tertiary/aromatic N) is 3. The SMILES string of the molecule is CC(C)(C)OC(=O)N1CCCN(CCCc2nc3ccccc3o2)CC1. The lowest BCUT2D eigenvalue weighted by Gasteiger charge is -2.26.